The summed E-state index contributed by atoms with van der Waals surface area (Å²) in [5.74, 6) is -0.760. The topological polar surface area (TPSA) is 96.3 Å². The van der Waals surface area contributed by atoms with E-state index in [-0.39, 0.29) is 17.1 Å². The van der Waals surface area contributed by atoms with Crippen LogP contribution in [0.5, 0.6) is 17.2 Å². The highest BCUT2D eigenvalue weighted by Gasteiger charge is 2.45. The van der Waals surface area contributed by atoms with Gasteiger partial charge in [-0.25, -0.2) is 0 Å². The van der Waals surface area contributed by atoms with E-state index in [1.54, 1.807) is 30.3 Å². The molecule has 1 heterocycles. The van der Waals surface area contributed by atoms with E-state index >= 15 is 0 Å². The first kappa shape index (κ1) is 20.3. The number of phenolic OH excluding ortho intramolecular Hbond substituents is 1. The van der Waals surface area contributed by atoms with Gasteiger partial charge in [-0.2, -0.15) is 0 Å². The van der Waals surface area contributed by atoms with Gasteiger partial charge in [0, 0.05) is 12.1 Å². The van der Waals surface area contributed by atoms with Gasteiger partial charge in [-0.3, -0.25) is 9.59 Å². The van der Waals surface area contributed by atoms with E-state index in [9.17, 15) is 19.8 Å². The molecule has 1 aliphatic rings. The molecule has 0 spiro atoms. The van der Waals surface area contributed by atoms with Crippen LogP contribution in [-0.2, 0) is 9.59 Å². The maximum atomic E-state index is 12.8. The van der Waals surface area contributed by atoms with Crippen LogP contribution >= 0.6 is 0 Å². The molecule has 2 N–H and O–H groups in total. The van der Waals surface area contributed by atoms with E-state index in [0.717, 1.165) is 0 Å². The van der Waals surface area contributed by atoms with Gasteiger partial charge in [-0.1, -0.05) is 19.1 Å². The zero-order valence-electron chi connectivity index (χ0n) is 16.5. The number of aromatic hydroxyl groups is 1. The normalized spacial score (nSPS) is 18.2. The Morgan fingerprint density at radius 3 is 2.28 bits per heavy atom. The van der Waals surface area contributed by atoms with Gasteiger partial charge in [0.1, 0.15) is 11.5 Å². The SMILES string of the molecule is CCCN1C(=O)C(=O)/C(=C(\O)c2ccc(OC)c(OC)c2)C1c1ccc(O)cc1. The monoisotopic (exact) mass is 397 g/mol. The molecule has 0 saturated carbocycles. The van der Waals surface area contributed by atoms with Crippen molar-refractivity contribution in [1.82, 2.24) is 4.90 Å². The average Bonchev–Trinajstić information content (AvgIpc) is 2.98. The highest BCUT2D eigenvalue weighted by atomic mass is 16.5. The van der Waals surface area contributed by atoms with Crippen molar-refractivity contribution in [1.29, 1.82) is 0 Å². The van der Waals surface area contributed by atoms with Crippen molar-refractivity contribution in [2.75, 3.05) is 20.8 Å². The maximum absolute atomic E-state index is 12.8. The van der Waals surface area contributed by atoms with Crippen LogP contribution in [-0.4, -0.2) is 47.6 Å². The third-order valence-corrected chi connectivity index (χ3v) is 4.87. The molecule has 1 amide bonds. The summed E-state index contributed by atoms with van der Waals surface area (Å²) in [4.78, 5) is 26.9. The Kier molecular flexibility index (Phi) is 5.77. The summed E-state index contributed by atoms with van der Waals surface area (Å²) in [6.45, 7) is 2.26. The second-order valence-electron chi connectivity index (χ2n) is 6.65. The molecule has 0 aromatic heterocycles. The number of methoxy groups -OCH3 is 2. The number of amides is 1. The van der Waals surface area contributed by atoms with Gasteiger partial charge in [-0.05, 0) is 42.3 Å². The molecule has 1 fully saturated rings. The molecule has 0 aliphatic carbocycles. The van der Waals surface area contributed by atoms with Crippen molar-refractivity contribution in [3.63, 3.8) is 0 Å². The molecule has 0 radical (unpaired) electrons. The first-order valence-electron chi connectivity index (χ1n) is 9.22. The predicted octanol–water partition coefficient (Wildman–Crippen LogP) is 3.24. The van der Waals surface area contributed by atoms with Crippen LogP contribution < -0.4 is 9.47 Å². The van der Waals surface area contributed by atoms with Crippen LogP contribution in [0.1, 0.15) is 30.5 Å². The summed E-state index contributed by atoms with van der Waals surface area (Å²) >= 11 is 0. The second kappa shape index (κ2) is 8.26. The number of benzene rings is 2. The summed E-state index contributed by atoms with van der Waals surface area (Å²) < 4.78 is 10.5. The van der Waals surface area contributed by atoms with E-state index < -0.39 is 17.7 Å². The van der Waals surface area contributed by atoms with Crippen molar-refractivity contribution in [2.45, 2.75) is 19.4 Å². The fourth-order valence-corrected chi connectivity index (χ4v) is 3.49. The fraction of sp³-hybridized carbons (Fsp3) is 0.273. The lowest BCUT2D eigenvalue weighted by Gasteiger charge is -2.25. The van der Waals surface area contributed by atoms with Gasteiger partial charge in [-0.15, -0.1) is 0 Å². The van der Waals surface area contributed by atoms with Crippen molar-refractivity contribution >= 4 is 17.4 Å². The van der Waals surface area contributed by atoms with Gasteiger partial charge in [0.2, 0.25) is 0 Å². The van der Waals surface area contributed by atoms with Crippen LogP contribution in [0.4, 0.5) is 0 Å². The Morgan fingerprint density at radius 2 is 1.69 bits per heavy atom. The molecule has 3 rings (SSSR count). The Hall–Kier alpha value is -3.48. The lowest BCUT2D eigenvalue weighted by atomic mass is 9.95. The van der Waals surface area contributed by atoms with E-state index in [1.165, 1.54) is 31.3 Å². The zero-order chi connectivity index (χ0) is 21.1. The van der Waals surface area contributed by atoms with Crippen LogP contribution in [0.3, 0.4) is 0 Å². The molecular weight excluding hydrogens is 374 g/mol. The number of ketones is 1. The lowest BCUT2D eigenvalue weighted by Crippen LogP contribution is -2.30. The largest absolute Gasteiger partial charge is 0.508 e. The number of nitrogens with zero attached hydrogens (tertiary/aromatic N) is 1. The van der Waals surface area contributed by atoms with E-state index in [4.69, 9.17) is 9.47 Å². The third kappa shape index (κ3) is 3.63. The van der Waals surface area contributed by atoms with E-state index in [1.807, 2.05) is 6.92 Å². The third-order valence-electron chi connectivity index (χ3n) is 4.87. The first-order valence-corrected chi connectivity index (χ1v) is 9.22. The molecule has 1 saturated heterocycles. The molecule has 0 bridgehead atoms. The lowest BCUT2D eigenvalue weighted by molar-refractivity contribution is -0.139. The van der Waals surface area contributed by atoms with Crippen LogP contribution in [0.2, 0.25) is 0 Å². The molecule has 2 aromatic rings. The van der Waals surface area contributed by atoms with Gasteiger partial charge >= 0.3 is 0 Å². The Labute approximate surface area is 168 Å². The molecule has 1 aliphatic heterocycles. The van der Waals surface area contributed by atoms with Gasteiger partial charge in [0.15, 0.2) is 11.5 Å². The molecule has 7 heteroatoms. The highest BCUT2D eigenvalue weighted by Crippen LogP contribution is 2.41. The Morgan fingerprint density at radius 1 is 1.03 bits per heavy atom. The van der Waals surface area contributed by atoms with Crippen molar-refractivity contribution in [2.24, 2.45) is 0 Å². The molecular formula is C22H23NO6. The predicted molar refractivity (Wildman–Crippen MR) is 107 cm³/mol. The van der Waals surface area contributed by atoms with E-state index in [2.05, 4.69) is 0 Å². The number of aliphatic hydroxyl groups is 1. The smallest absolute Gasteiger partial charge is 0.295 e. The molecule has 1 unspecified atom stereocenters. The first-order chi connectivity index (χ1) is 13.9. The number of Topliss-reactive ketones (excluding diaryl/α,β-unsaturated/α-hetero) is 1. The zero-order valence-corrected chi connectivity index (χ0v) is 16.5. The quantitative estimate of drug-likeness (QED) is 0.441. The van der Waals surface area contributed by atoms with E-state index in [0.29, 0.717) is 35.6 Å². The molecule has 29 heavy (non-hydrogen) atoms. The van der Waals surface area contributed by atoms with Gasteiger partial charge in [0.25, 0.3) is 11.7 Å². The molecule has 7 nitrogen and oxygen atoms in total. The van der Waals surface area contributed by atoms with Gasteiger partial charge in [0.05, 0.1) is 25.8 Å². The number of carbonyl (C=O) groups is 2. The van der Waals surface area contributed by atoms with Crippen molar-refractivity contribution in [3.05, 3.63) is 59.2 Å². The van der Waals surface area contributed by atoms with Crippen molar-refractivity contribution < 1.29 is 29.3 Å². The van der Waals surface area contributed by atoms with Gasteiger partial charge < -0.3 is 24.6 Å². The molecule has 1 atom stereocenters. The highest BCUT2D eigenvalue weighted by molar-refractivity contribution is 6.46. The van der Waals surface area contributed by atoms with Crippen LogP contribution in [0.25, 0.3) is 5.76 Å². The average molecular weight is 397 g/mol. The Balaban J connectivity index is 2.18. The Bertz CT molecular complexity index is 964. The number of rotatable bonds is 6. The minimum Gasteiger partial charge on any atom is -0.508 e. The van der Waals surface area contributed by atoms with Crippen molar-refractivity contribution in [3.8, 4) is 17.2 Å². The summed E-state index contributed by atoms with van der Waals surface area (Å²) in [7, 11) is 2.97. The molecule has 2 aromatic carbocycles. The maximum Gasteiger partial charge on any atom is 0.295 e. The number of hydrogen-bond acceptors (Lipinski definition) is 6. The summed E-state index contributed by atoms with van der Waals surface area (Å²) in [5.41, 5.74) is 0.958. The van der Waals surface area contributed by atoms with Crippen LogP contribution in [0.15, 0.2) is 48.0 Å². The number of likely N-dealkylation sites (tertiary alicyclic amines) is 1. The number of ether oxygens (including phenoxy) is 2. The summed E-state index contributed by atoms with van der Waals surface area (Å²) in [6.07, 6.45) is 0.651. The fourth-order valence-electron chi connectivity index (χ4n) is 3.49. The molecule has 152 valence electrons. The number of phenols is 1. The summed E-state index contributed by atoms with van der Waals surface area (Å²) in [5, 5.41) is 20.6. The minimum absolute atomic E-state index is 0.00126. The minimum atomic E-state index is -0.747. The summed E-state index contributed by atoms with van der Waals surface area (Å²) in [6, 6.07) is 10.3. The number of hydrogen-bond donors (Lipinski definition) is 2. The standard InChI is InChI=1S/C22H23NO6/c1-4-11-23-19(13-5-8-15(24)9-6-13)18(21(26)22(23)27)20(25)14-7-10-16(28-2)17(12-14)29-3/h5-10,12,19,24-25H,4,11H2,1-3H3/b20-18-. The van der Waals surface area contributed by atoms with Crippen LogP contribution in [0, 0.1) is 0 Å². The second-order valence-corrected chi connectivity index (χ2v) is 6.65. The number of aliphatic hydroxyl groups excluding tert-OH is 1. The number of carbonyl (C=O) groups excluding carboxylic acids is 2.